The minimum atomic E-state index is -0.286. The zero-order valence-corrected chi connectivity index (χ0v) is 15.8. The molecule has 4 rings (SSSR count). The first-order chi connectivity index (χ1) is 13.6. The Kier molecular flexibility index (Phi) is 5.25. The largest absolute Gasteiger partial charge is 0.481 e. The molecule has 1 unspecified atom stereocenters. The number of amides is 1. The van der Waals surface area contributed by atoms with Gasteiger partial charge < -0.3 is 20.1 Å². The number of hydrogen-bond acceptors (Lipinski definition) is 5. The van der Waals surface area contributed by atoms with Crippen LogP contribution in [0.3, 0.4) is 0 Å². The topological polar surface area (TPSA) is 100 Å². The molecular formula is C21H24N4O3. The second-order valence-corrected chi connectivity index (χ2v) is 7.27. The lowest BCUT2D eigenvalue weighted by Gasteiger charge is -2.38. The Hall–Kier alpha value is -2.93. The summed E-state index contributed by atoms with van der Waals surface area (Å²) in [4.78, 5) is 24.6. The first-order valence-electron chi connectivity index (χ1n) is 9.53. The molecule has 0 spiro atoms. The molecule has 0 bridgehead atoms. The summed E-state index contributed by atoms with van der Waals surface area (Å²) >= 11 is 0. The van der Waals surface area contributed by atoms with E-state index in [1.165, 1.54) is 0 Å². The van der Waals surface area contributed by atoms with Crippen molar-refractivity contribution >= 4 is 16.9 Å². The summed E-state index contributed by atoms with van der Waals surface area (Å²) in [7, 11) is 1.57. The zero-order chi connectivity index (χ0) is 19.5. The first-order valence-corrected chi connectivity index (χ1v) is 9.53. The van der Waals surface area contributed by atoms with Gasteiger partial charge in [-0.1, -0.05) is 18.2 Å². The Balaban J connectivity index is 1.41. The summed E-state index contributed by atoms with van der Waals surface area (Å²) in [6, 6.07) is 11.4. The van der Waals surface area contributed by atoms with Gasteiger partial charge in [-0.15, -0.1) is 0 Å². The molecule has 1 aromatic carbocycles. The van der Waals surface area contributed by atoms with Gasteiger partial charge in [-0.3, -0.25) is 4.79 Å². The second kappa shape index (κ2) is 7.98. The Morgan fingerprint density at radius 1 is 1.32 bits per heavy atom. The Bertz CT molecular complexity index is 915. The number of fused-ring (bicyclic) bond motifs is 1. The van der Waals surface area contributed by atoms with Crippen molar-refractivity contribution < 1.29 is 14.6 Å². The summed E-state index contributed by atoms with van der Waals surface area (Å²) in [6.07, 6.45) is 3.69. The maximum absolute atomic E-state index is 12.6. The number of aromatic amines is 1. The van der Waals surface area contributed by atoms with Crippen LogP contribution in [-0.2, 0) is 11.2 Å². The number of carbonyl (C=O) groups excluding carboxylic acids is 1. The van der Waals surface area contributed by atoms with Crippen LogP contribution in [-0.4, -0.2) is 39.2 Å². The van der Waals surface area contributed by atoms with Crippen molar-refractivity contribution in [1.82, 2.24) is 20.3 Å². The van der Waals surface area contributed by atoms with E-state index >= 15 is 0 Å². The van der Waals surface area contributed by atoms with Crippen molar-refractivity contribution in [3.8, 4) is 5.88 Å². The van der Waals surface area contributed by atoms with Crippen molar-refractivity contribution in [1.29, 1.82) is 0 Å². The van der Waals surface area contributed by atoms with E-state index in [1.54, 1.807) is 19.4 Å². The molecule has 2 aromatic heterocycles. The fraction of sp³-hybridized carbons (Fsp3) is 0.381. The number of methoxy groups -OCH3 is 1. The number of benzene rings is 1. The number of carbonyl (C=O) groups is 1. The van der Waals surface area contributed by atoms with E-state index < -0.39 is 0 Å². The SMILES string of the molecule is COc1ccc(C(NC(=O)CCc2nc3ccccc3[nH]2)C2CC(O)C2)cn1. The molecule has 0 aliphatic heterocycles. The first kappa shape index (κ1) is 18.4. The maximum Gasteiger partial charge on any atom is 0.220 e. The van der Waals surface area contributed by atoms with Gasteiger partial charge in [0.2, 0.25) is 11.8 Å². The monoisotopic (exact) mass is 380 g/mol. The zero-order valence-electron chi connectivity index (χ0n) is 15.8. The quantitative estimate of drug-likeness (QED) is 0.585. The van der Waals surface area contributed by atoms with Crippen molar-refractivity contribution in [2.75, 3.05) is 7.11 Å². The van der Waals surface area contributed by atoms with E-state index in [9.17, 15) is 9.90 Å². The van der Waals surface area contributed by atoms with Crippen LogP contribution in [0.2, 0.25) is 0 Å². The third-order valence-corrected chi connectivity index (χ3v) is 5.29. The molecule has 2 heterocycles. The van der Waals surface area contributed by atoms with Crippen LogP contribution >= 0.6 is 0 Å². The number of ether oxygens (including phenoxy) is 1. The second-order valence-electron chi connectivity index (χ2n) is 7.27. The van der Waals surface area contributed by atoms with Crippen LogP contribution < -0.4 is 10.1 Å². The highest BCUT2D eigenvalue weighted by atomic mass is 16.5. The fourth-order valence-electron chi connectivity index (χ4n) is 3.67. The van der Waals surface area contributed by atoms with Crippen LogP contribution in [0, 0.1) is 5.92 Å². The number of nitrogens with one attached hydrogen (secondary N) is 2. The van der Waals surface area contributed by atoms with E-state index in [0.29, 0.717) is 31.6 Å². The molecule has 146 valence electrons. The molecule has 0 saturated heterocycles. The molecule has 7 nitrogen and oxygen atoms in total. The number of para-hydroxylation sites is 2. The molecule has 1 atom stereocenters. The summed E-state index contributed by atoms with van der Waals surface area (Å²) in [5, 5.41) is 12.8. The van der Waals surface area contributed by atoms with Gasteiger partial charge in [0.05, 0.1) is 30.3 Å². The number of pyridine rings is 1. The number of aliphatic hydroxyl groups excluding tert-OH is 1. The van der Waals surface area contributed by atoms with Gasteiger partial charge in [0.15, 0.2) is 0 Å². The normalized spacial score (nSPS) is 19.8. The van der Waals surface area contributed by atoms with Gasteiger partial charge in [0.25, 0.3) is 0 Å². The number of aliphatic hydroxyl groups is 1. The number of H-pyrrole nitrogens is 1. The number of aryl methyl sites for hydroxylation is 1. The van der Waals surface area contributed by atoms with Crippen molar-refractivity contribution in [3.05, 3.63) is 54.0 Å². The standard InChI is InChI=1S/C21H24N4O3/c1-28-20-9-6-13(12-22-20)21(14-10-15(26)11-14)25-19(27)8-7-18-23-16-4-2-3-5-17(16)24-18/h2-6,9,12,14-15,21,26H,7-8,10-11H2,1H3,(H,23,24)(H,25,27). The molecular weight excluding hydrogens is 356 g/mol. The van der Waals surface area contributed by atoms with Crippen LogP contribution in [0.4, 0.5) is 0 Å². The van der Waals surface area contributed by atoms with E-state index in [-0.39, 0.29) is 24.0 Å². The molecule has 3 N–H and O–H groups in total. The van der Waals surface area contributed by atoms with Gasteiger partial charge in [-0.2, -0.15) is 0 Å². The molecule has 1 aliphatic rings. The lowest BCUT2D eigenvalue weighted by Crippen LogP contribution is -2.41. The van der Waals surface area contributed by atoms with E-state index in [1.807, 2.05) is 30.3 Å². The number of rotatable bonds is 7. The lowest BCUT2D eigenvalue weighted by molar-refractivity contribution is -0.123. The van der Waals surface area contributed by atoms with E-state index in [2.05, 4.69) is 20.3 Å². The molecule has 1 fully saturated rings. The van der Waals surface area contributed by atoms with Crippen molar-refractivity contribution in [2.24, 2.45) is 5.92 Å². The Morgan fingerprint density at radius 3 is 2.82 bits per heavy atom. The van der Waals surface area contributed by atoms with Gasteiger partial charge >= 0.3 is 0 Å². The van der Waals surface area contributed by atoms with Gasteiger partial charge in [-0.25, -0.2) is 9.97 Å². The number of hydrogen-bond donors (Lipinski definition) is 3. The summed E-state index contributed by atoms with van der Waals surface area (Å²) in [6.45, 7) is 0. The molecule has 1 aliphatic carbocycles. The van der Waals surface area contributed by atoms with Crippen LogP contribution in [0.5, 0.6) is 5.88 Å². The van der Waals surface area contributed by atoms with E-state index in [0.717, 1.165) is 22.4 Å². The Morgan fingerprint density at radius 2 is 2.14 bits per heavy atom. The van der Waals surface area contributed by atoms with Crippen molar-refractivity contribution in [2.45, 2.75) is 37.8 Å². The highest BCUT2D eigenvalue weighted by Crippen LogP contribution is 2.38. The minimum absolute atomic E-state index is 0.0392. The van der Waals surface area contributed by atoms with Gasteiger partial charge in [0.1, 0.15) is 5.82 Å². The third-order valence-electron chi connectivity index (χ3n) is 5.29. The molecule has 1 saturated carbocycles. The molecule has 1 amide bonds. The number of aromatic nitrogens is 3. The fourth-order valence-corrected chi connectivity index (χ4v) is 3.67. The lowest BCUT2D eigenvalue weighted by atomic mass is 9.75. The van der Waals surface area contributed by atoms with Crippen LogP contribution in [0.15, 0.2) is 42.6 Å². The molecule has 7 heteroatoms. The van der Waals surface area contributed by atoms with Crippen LogP contribution in [0.1, 0.15) is 36.7 Å². The smallest absolute Gasteiger partial charge is 0.220 e. The predicted octanol–water partition coefficient (Wildman–Crippen LogP) is 2.53. The molecule has 28 heavy (non-hydrogen) atoms. The number of nitrogens with zero attached hydrogens (tertiary/aromatic N) is 2. The average molecular weight is 380 g/mol. The third kappa shape index (κ3) is 3.99. The Labute approximate surface area is 163 Å². The molecule has 0 radical (unpaired) electrons. The molecule has 3 aromatic rings. The van der Waals surface area contributed by atoms with Crippen molar-refractivity contribution in [3.63, 3.8) is 0 Å². The highest BCUT2D eigenvalue weighted by Gasteiger charge is 2.35. The van der Waals surface area contributed by atoms with Crippen LogP contribution in [0.25, 0.3) is 11.0 Å². The minimum Gasteiger partial charge on any atom is -0.481 e. The summed E-state index contributed by atoms with van der Waals surface area (Å²) in [5.41, 5.74) is 2.81. The van der Waals surface area contributed by atoms with Gasteiger partial charge in [-0.05, 0) is 36.5 Å². The maximum atomic E-state index is 12.6. The highest BCUT2D eigenvalue weighted by molar-refractivity contribution is 5.77. The summed E-state index contributed by atoms with van der Waals surface area (Å²) < 4.78 is 5.11. The predicted molar refractivity (Wildman–Crippen MR) is 105 cm³/mol. The summed E-state index contributed by atoms with van der Waals surface area (Å²) in [5.74, 6) is 1.51. The number of imidazole rings is 1. The van der Waals surface area contributed by atoms with Gasteiger partial charge in [0, 0.05) is 25.1 Å². The van der Waals surface area contributed by atoms with E-state index in [4.69, 9.17) is 4.74 Å². The average Bonchev–Trinajstić information content (AvgIpc) is 3.11.